The fourth-order valence-electron chi connectivity index (χ4n) is 2.61. The molecule has 5 nitrogen and oxygen atoms in total. The molecule has 0 spiro atoms. The Morgan fingerprint density at radius 2 is 1.65 bits per heavy atom. The van der Waals surface area contributed by atoms with Crippen LogP contribution in [0.3, 0.4) is 0 Å². The molecule has 1 aromatic carbocycles. The number of nitrogens with one attached hydrogen (secondary N) is 2. The zero-order valence-corrected chi connectivity index (χ0v) is 14.3. The number of benzene rings is 1. The number of urea groups is 1. The summed E-state index contributed by atoms with van der Waals surface area (Å²) in [6.45, 7) is 8.14. The molecule has 1 heterocycles. The van der Waals surface area contributed by atoms with Crippen molar-refractivity contribution < 1.29 is 14.1 Å². The van der Waals surface area contributed by atoms with E-state index in [1.165, 1.54) is 6.42 Å². The summed E-state index contributed by atoms with van der Waals surface area (Å²) in [7, 11) is -0.377. The molecule has 1 saturated heterocycles. The molecule has 6 heteroatoms. The van der Waals surface area contributed by atoms with Gasteiger partial charge in [-0.3, -0.25) is 0 Å². The van der Waals surface area contributed by atoms with Crippen LogP contribution in [0.5, 0.6) is 0 Å². The van der Waals surface area contributed by atoms with Crippen molar-refractivity contribution in [2.75, 3.05) is 5.32 Å². The average Bonchev–Trinajstić information content (AvgIpc) is 2.64. The van der Waals surface area contributed by atoms with E-state index < -0.39 is 0 Å². The molecule has 0 atom stereocenters. The van der Waals surface area contributed by atoms with Crippen LogP contribution in [0.25, 0.3) is 0 Å². The topological polar surface area (TPSA) is 59.6 Å². The van der Waals surface area contributed by atoms with Crippen molar-refractivity contribution in [3.05, 3.63) is 24.3 Å². The van der Waals surface area contributed by atoms with E-state index in [0.29, 0.717) is 6.04 Å². The first-order chi connectivity index (χ1) is 10.8. The van der Waals surface area contributed by atoms with Crippen LogP contribution >= 0.6 is 0 Å². The van der Waals surface area contributed by atoms with E-state index in [1.807, 2.05) is 52.0 Å². The van der Waals surface area contributed by atoms with E-state index in [9.17, 15) is 4.79 Å². The summed E-state index contributed by atoms with van der Waals surface area (Å²) >= 11 is 0. The Kier molecular flexibility index (Phi) is 4.15. The van der Waals surface area contributed by atoms with E-state index in [1.54, 1.807) is 0 Å². The lowest BCUT2D eigenvalue weighted by atomic mass is 9.79. The zero-order valence-electron chi connectivity index (χ0n) is 14.3. The zero-order chi connectivity index (χ0) is 16.7. The maximum atomic E-state index is 11.9. The first kappa shape index (κ1) is 16.3. The summed E-state index contributed by atoms with van der Waals surface area (Å²) < 4.78 is 12.0. The molecule has 0 unspecified atom stereocenters. The van der Waals surface area contributed by atoms with Crippen LogP contribution in [0, 0.1) is 0 Å². The number of carbonyl (C=O) groups excluding carboxylic acids is 1. The minimum absolute atomic E-state index is 0.141. The molecule has 2 aliphatic rings. The lowest BCUT2D eigenvalue weighted by Gasteiger charge is -2.32. The standard InChI is InChI=1S/C17H25BN2O3/c1-16(2)17(3,4)23-18(22-16)12-8-10-14(11-9-12)20-15(21)19-13-6-5-7-13/h8-11,13H,5-7H2,1-4H3,(H2,19,20,21). The Bertz CT molecular complexity index is 566. The van der Waals surface area contributed by atoms with Crippen LogP contribution in [0.15, 0.2) is 24.3 Å². The van der Waals surface area contributed by atoms with Gasteiger partial charge in [-0.05, 0) is 64.6 Å². The van der Waals surface area contributed by atoms with Gasteiger partial charge in [0.15, 0.2) is 0 Å². The van der Waals surface area contributed by atoms with Crippen molar-refractivity contribution >= 4 is 24.3 Å². The number of amides is 2. The van der Waals surface area contributed by atoms with Crippen molar-refractivity contribution in [3.8, 4) is 0 Å². The smallest absolute Gasteiger partial charge is 0.399 e. The second-order valence-electron chi connectivity index (χ2n) is 7.44. The van der Waals surface area contributed by atoms with Crippen molar-refractivity contribution in [2.24, 2.45) is 0 Å². The van der Waals surface area contributed by atoms with Gasteiger partial charge in [-0.15, -0.1) is 0 Å². The van der Waals surface area contributed by atoms with Crippen LogP contribution in [-0.4, -0.2) is 30.4 Å². The van der Waals surface area contributed by atoms with Gasteiger partial charge in [-0.25, -0.2) is 4.79 Å². The highest BCUT2D eigenvalue weighted by Gasteiger charge is 2.51. The molecule has 2 fully saturated rings. The first-order valence-electron chi connectivity index (χ1n) is 8.30. The molecule has 1 aliphatic heterocycles. The van der Waals surface area contributed by atoms with Crippen LogP contribution in [-0.2, 0) is 9.31 Å². The molecule has 2 amide bonds. The van der Waals surface area contributed by atoms with Crippen LogP contribution in [0.4, 0.5) is 10.5 Å². The molecule has 1 aliphatic carbocycles. The molecule has 0 radical (unpaired) electrons. The van der Waals surface area contributed by atoms with E-state index in [0.717, 1.165) is 24.0 Å². The summed E-state index contributed by atoms with van der Waals surface area (Å²) in [6, 6.07) is 7.81. The van der Waals surface area contributed by atoms with Gasteiger partial charge in [-0.2, -0.15) is 0 Å². The molecule has 124 valence electrons. The largest absolute Gasteiger partial charge is 0.494 e. The molecule has 1 aromatic rings. The maximum absolute atomic E-state index is 11.9. The third-order valence-electron chi connectivity index (χ3n) is 5.13. The fraction of sp³-hybridized carbons (Fsp3) is 0.588. The highest BCUT2D eigenvalue weighted by atomic mass is 16.7. The highest BCUT2D eigenvalue weighted by Crippen LogP contribution is 2.36. The monoisotopic (exact) mass is 316 g/mol. The minimum atomic E-state index is -0.377. The lowest BCUT2D eigenvalue weighted by molar-refractivity contribution is 0.00578. The molecule has 1 saturated carbocycles. The van der Waals surface area contributed by atoms with Crippen LogP contribution in [0.2, 0.25) is 0 Å². The van der Waals surface area contributed by atoms with Crippen molar-refractivity contribution in [3.63, 3.8) is 0 Å². The summed E-state index contributed by atoms with van der Waals surface area (Å²) in [5.74, 6) is 0. The molecule has 3 rings (SSSR count). The normalized spacial score (nSPS) is 22.5. The van der Waals surface area contributed by atoms with Gasteiger partial charge in [0.2, 0.25) is 0 Å². The molecule has 0 bridgehead atoms. The third kappa shape index (κ3) is 3.38. The van der Waals surface area contributed by atoms with Crippen molar-refractivity contribution in [1.29, 1.82) is 0 Å². The Balaban J connectivity index is 1.60. The minimum Gasteiger partial charge on any atom is -0.399 e. The SMILES string of the molecule is CC1(C)OB(c2ccc(NC(=O)NC3CCC3)cc2)OC1(C)C. The van der Waals surface area contributed by atoms with Crippen molar-refractivity contribution in [2.45, 2.75) is 64.2 Å². The highest BCUT2D eigenvalue weighted by molar-refractivity contribution is 6.62. The average molecular weight is 316 g/mol. The Morgan fingerprint density at radius 1 is 1.09 bits per heavy atom. The van der Waals surface area contributed by atoms with Gasteiger partial charge in [-0.1, -0.05) is 12.1 Å². The number of hydrogen-bond acceptors (Lipinski definition) is 3. The fourth-order valence-corrected chi connectivity index (χ4v) is 2.61. The second-order valence-corrected chi connectivity index (χ2v) is 7.44. The Hall–Kier alpha value is -1.53. The first-order valence-corrected chi connectivity index (χ1v) is 8.30. The summed E-state index contributed by atoms with van der Waals surface area (Å²) in [5, 5.41) is 5.82. The molecule has 23 heavy (non-hydrogen) atoms. The van der Waals surface area contributed by atoms with Gasteiger partial charge in [0, 0.05) is 11.7 Å². The maximum Gasteiger partial charge on any atom is 0.494 e. The number of anilines is 1. The predicted molar refractivity (Wildman–Crippen MR) is 92.0 cm³/mol. The lowest BCUT2D eigenvalue weighted by Crippen LogP contribution is -2.41. The van der Waals surface area contributed by atoms with E-state index >= 15 is 0 Å². The summed E-state index contributed by atoms with van der Waals surface area (Å²) in [5.41, 5.74) is 1.02. The summed E-state index contributed by atoms with van der Waals surface area (Å²) in [4.78, 5) is 11.9. The van der Waals surface area contributed by atoms with Gasteiger partial charge in [0.05, 0.1) is 11.2 Å². The van der Waals surface area contributed by atoms with E-state index in [2.05, 4.69) is 10.6 Å². The third-order valence-corrected chi connectivity index (χ3v) is 5.13. The van der Waals surface area contributed by atoms with Gasteiger partial charge >= 0.3 is 13.1 Å². The van der Waals surface area contributed by atoms with Crippen LogP contribution in [0.1, 0.15) is 47.0 Å². The molecular weight excluding hydrogens is 291 g/mol. The molecule has 0 aromatic heterocycles. The van der Waals surface area contributed by atoms with E-state index in [-0.39, 0.29) is 24.4 Å². The predicted octanol–water partition coefficient (Wildman–Crippen LogP) is 2.66. The number of carbonyl (C=O) groups is 1. The molecular formula is C17H25BN2O3. The Morgan fingerprint density at radius 3 is 2.13 bits per heavy atom. The summed E-state index contributed by atoms with van der Waals surface area (Å²) in [6.07, 6.45) is 3.36. The van der Waals surface area contributed by atoms with Gasteiger partial charge < -0.3 is 19.9 Å². The van der Waals surface area contributed by atoms with Gasteiger partial charge in [0.25, 0.3) is 0 Å². The van der Waals surface area contributed by atoms with E-state index in [4.69, 9.17) is 9.31 Å². The van der Waals surface area contributed by atoms with Gasteiger partial charge in [0.1, 0.15) is 0 Å². The van der Waals surface area contributed by atoms with Crippen molar-refractivity contribution in [1.82, 2.24) is 5.32 Å². The van der Waals surface area contributed by atoms with Crippen LogP contribution < -0.4 is 16.1 Å². The Labute approximate surface area is 138 Å². The number of rotatable bonds is 3. The second kappa shape index (κ2) is 5.84. The number of hydrogen-bond donors (Lipinski definition) is 2. The molecule has 2 N–H and O–H groups in total. The quantitative estimate of drug-likeness (QED) is 0.843.